The molecule has 0 bridgehead atoms. The van der Waals surface area contributed by atoms with Gasteiger partial charge in [0, 0.05) is 17.9 Å². The van der Waals surface area contributed by atoms with Gasteiger partial charge in [0.1, 0.15) is 0 Å². The van der Waals surface area contributed by atoms with Crippen LogP contribution in [-0.4, -0.2) is 31.3 Å². The van der Waals surface area contributed by atoms with Crippen molar-refractivity contribution in [3.05, 3.63) is 0 Å². The second-order valence-corrected chi connectivity index (χ2v) is 5.05. The summed E-state index contributed by atoms with van der Waals surface area (Å²) in [5, 5.41) is 0. The van der Waals surface area contributed by atoms with E-state index in [0.29, 0.717) is 18.1 Å². The van der Waals surface area contributed by atoms with E-state index in [0.717, 1.165) is 26.1 Å². The van der Waals surface area contributed by atoms with Gasteiger partial charge < -0.3 is 9.47 Å². The summed E-state index contributed by atoms with van der Waals surface area (Å²) >= 11 is 6.04. The van der Waals surface area contributed by atoms with Crippen LogP contribution in [0.1, 0.15) is 32.6 Å². The molecule has 2 heterocycles. The Kier molecular flexibility index (Phi) is 3.35. The quantitative estimate of drug-likeness (QED) is 0.678. The minimum absolute atomic E-state index is 0.205. The molecule has 2 nitrogen and oxygen atoms in total. The molecular weight excluding hydrogens is 200 g/mol. The lowest BCUT2D eigenvalue weighted by molar-refractivity contribution is 0.0229. The lowest BCUT2D eigenvalue weighted by atomic mass is 9.83. The van der Waals surface area contributed by atoms with E-state index < -0.39 is 0 Å². The molecule has 3 atom stereocenters. The fourth-order valence-electron chi connectivity index (χ4n) is 2.49. The van der Waals surface area contributed by atoms with Crippen LogP contribution in [0.25, 0.3) is 0 Å². The summed E-state index contributed by atoms with van der Waals surface area (Å²) in [5.41, 5.74) is 0.205. The minimum atomic E-state index is 0.205. The maximum absolute atomic E-state index is 6.04. The van der Waals surface area contributed by atoms with Crippen molar-refractivity contribution in [3.63, 3.8) is 0 Å². The first-order valence-corrected chi connectivity index (χ1v) is 6.07. The van der Waals surface area contributed by atoms with Crippen LogP contribution in [0.15, 0.2) is 0 Å². The highest BCUT2D eigenvalue weighted by atomic mass is 35.5. The van der Waals surface area contributed by atoms with Gasteiger partial charge in [-0.15, -0.1) is 11.6 Å². The van der Waals surface area contributed by atoms with Crippen LogP contribution in [0.4, 0.5) is 0 Å². The Morgan fingerprint density at radius 2 is 2.29 bits per heavy atom. The Balaban J connectivity index is 1.88. The lowest BCUT2D eigenvalue weighted by Crippen LogP contribution is -2.29. The van der Waals surface area contributed by atoms with Gasteiger partial charge in [-0.25, -0.2) is 0 Å². The molecule has 0 radical (unpaired) electrons. The molecule has 14 heavy (non-hydrogen) atoms. The SMILES string of the molecule is CC1CCC(CC2(CCl)CCOC2)O1. The fraction of sp³-hybridized carbons (Fsp3) is 1.00. The van der Waals surface area contributed by atoms with E-state index in [1.54, 1.807) is 0 Å². The largest absolute Gasteiger partial charge is 0.381 e. The minimum Gasteiger partial charge on any atom is -0.381 e. The fourth-order valence-corrected chi connectivity index (χ4v) is 2.81. The molecule has 2 rings (SSSR count). The second-order valence-electron chi connectivity index (χ2n) is 4.79. The molecule has 0 N–H and O–H groups in total. The smallest absolute Gasteiger partial charge is 0.0586 e. The molecule has 2 saturated heterocycles. The van der Waals surface area contributed by atoms with Gasteiger partial charge >= 0.3 is 0 Å². The Labute approximate surface area is 90.9 Å². The lowest BCUT2D eigenvalue weighted by Gasteiger charge is -2.27. The molecule has 0 aromatic rings. The molecule has 0 saturated carbocycles. The molecular formula is C11H19ClO2. The van der Waals surface area contributed by atoms with Crippen LogP contribution in [0.5, 0.6) is 0 Å². The van der Waals surface area contributed by atoms with Crippen LogP contribution >= 0.6 is 11.6 Å². The third-order valence-electron chi connectivity index (χ3n) is 3.45. The topological polar surface area (TPSA) is 18.5 Å². The molecule has 2 aliphatic heterocycles. The zero-order valence-electron chi connectivity index (χ0n) is 8.80. The third-order valence-corrected chi connectivity index (χ3v) is 4.02. The molecule has 2 aliphatic rings. The first kappa shape index (κ1) is 10.7. The van der Waals surface area contributed by atoms with Crippen LogP contribution in [0.3, 0.4) is 0 Å². The predicted octanol–water partition coefficient (Wildman–Crippen LogP) is 2.59. The summed E-state index contributed by atoms with van der Waals surface area (Å²) < 4.78 is 11.3. The summed E-state index contributed by atoms with van der Waals surface area (Å²) in [6.45, 7) is 3.85. The normalized spacial score (nSPS) is 43.3. The maximum atomic E-state index is 6.04. The van der Waals surface area contributed by atoms with Gasteiger partial charge in [0.25, 0.3) is 0 Å². The first-order chi connectivity index (χ1) is 6.74. The van der Waals surface area contributed by atoms with E-state index in [1.807, 2.05) is 0 Å². The monoisotopic (exact) mass is 218 g/mol. The summed E-state index contributed by atoms with van der Waals surface area (Å²) in [7, 11) is 0. The number of hydrogen-bond acceptors (Lipinski definition) is 2. The Hall–Kier alpha value is 0.210. The molecule has 0 amide bonds. The number of halogens is 1. The molecule has 2 fully saturated rings. The van der Waals surface area contributed by atoms with Gasteiger partial charge in [0.15, 0.2) is 0 Å². The van der Waals surface area contributed by atoms with Crippen LogP contribution in [0, 0.1) is 5.41 Å². The Morgan fingerprint density at radius 1 is 1.43 bits per heavy atom. The van der Waals surface area contributed by atoms with Crippen molar-refractivity contribution < 1.29 is 9.47 Å². The van der Waals surface area contributed by atoms with Crippen LogP contribution < -0.4 is 0 Å². The summed E-state index contributed by atoms with van der Waals surface area (Å²) in [5.74, 6) is 0.710. The van der Waals surface area contributed by atoms with Gasteiger partial charge in [-0.05, 0) is 32.6 Å². The summed E-state index contributed by atoms with van der Waals surface area (Å²) in [6, 6.07) is 0. The van der Waals surface area contributed by atoms with Crippen molar-refractivity contribution in [2.45, 2.75) is 44.8 Å². The average Bonchev–Trinajstić information content (AvgIpc) is 2.77. The van der Waals surface area contributed by atoms with Crippen molar-refractivity contribution in [3.8, 4) is 0 Å². The zero-order chi connectivity index (χ0) is 10.0. The standard InChI is InChI=1S/C11H19ClO2/c1-9-2-3-10(14-9)6-11(7-12)4-5-13-8-11/h9-10H,2-8H2,1H3. The number of alkyl halides is 1. The highest BCUT2D eigenvalue weighted by Gasteiger charge is 2.38. The van der Waals surface area contributed by atoms with E-state index in [-0.39, 0.29) is 5.41 Å². The Bertz CT molecular complexity index is 190. The van der Waals surface area contributed by atoms with Crippen molar-refractivity contribution in [2.24, 2.45) is 5.41 Å². The van der Waals surface area contributed by atoms with Crippen molar-refractivity contribution in [2.75, 3.05) is 19.1 Å². The third kappa shape index (κ3) is 2.23. The van der Waals surface area contributed by atoms with Gasteiger partial charge in [0.2, 0.25) is 0 Å². The molecule has 3 unspecified atom stereocenters. The predicted molar refractivity (Wildman–Crippen MR) is 56.8 cm³/mol. The van der Waals surface area contributed by atoms with E-state index in [2.05, 4.69) is 6.92 Å². The summed E-state index contributed by atoms with van der Waals surface area (Å²) in [4.78, 5) is 0. The molecule has 0 aromatic carbocycles. The van der Waals surface area contributed by atoms with Gasteiger partial charge in [-0.3, -0.25) is 0 Å². The van der Waals surface area contributed by atoms with Crippen LogP contribution in [0.2, 0.25) is 0 Å². The summed E-state index contributed by atoms with van der Waals surface area (Å²) in [6.07, 6.45) is 5.44. The van der Waals surface area contributed by atoms with Crippen molar-refractivity contribution in [1.82, 2.24) is 0 Å². The van der Waals surface area contributed by atoms with Gasteiger partial charge in [-0.2, -0.15) is 0 Å². The Morgan fingerprint density at radius 3 is 2.79 bits per heavy atom. The zero-order valence-corrected chi connectivity index (χ0v) is 9.55. The van der Waals surface area contributed by atoms with Gasteiger partial charge in [0.05, 0.1) is 18.8 Å². The molecule has 3 heteroatoms. The average molecular weight is 219 g/mol. The molecule has 0 aromatic heterocycles. The number of rotatable bonds is 3. The van der Waals surface area contributed by atoms with E-state index in [1.165, 1.54) is 12.8 Å². The highest BCUT2D eigenvalue weighted by molar-refractivity contribution is 6.18. The number of ether oxygens (including phenoxy) is 2. The molecule has 82 valence electrons. The number of hydrogen-bond donors (Lipinski definition) is 0. The second kappa shape index (κ2) is 4.38. The van der Waals surface area contributed by atoms with E-state index >= 15 is 0 Å². The highest BCUT2D eigenvalue weighted by Crippen LogP contribution is 2.38. The van der Waals surface area contributed by atoms with Gasteiger partial charge in [-0.1, -0.05) is 0 Å². The van der Waals surface area contributed by atoms with Crippen molar-refractivity contribution >= 4 is 11.6 Å². The molecule has 0 spiro atoms. The first-order valence-electron chi connectivity index (χ1n) is 5.53. The molecule has 0 aliphatic carbocycles. The van der Waals surface area contributed by atoms with Crippen LogP contribution in [-0.2, 0) is 9.47 Å². The van der Waals surface area contributed by atoms with E-state index in [4.69, 9.17) is 21.1 Å². The van der Waals surface area contributed by atoms with Crippen molar-refractivity contribution in [1.29, 1.82) is 0 Å². The van der Waals surface area contributed by atoms with E-state index in [9.17, 15) is 0 Å². The maximum Gasteiger partial charge on any atom is 0.0586 e.